The largest absolute Gasteiger partial charge is 0.508 e. The van der Waals surface area contributed by atoms with Crippen molar-refractivity contribution in [1.29, 1.82) is 0 Å². The lowest BCUT2D eigenvalue weighted by atomic mass is 9.88. The van der Waals surface area contributed by atoms with Crippen LogP contribution in [0.4, 0.5) is 0 Å². The van der Waals surface area contributed by atoms with Gasteiger partial charge in [0, 0.05) is 23.4 Å². The number of phenols is 2. The molecule has 0 saturated carbocycles. The van der Waals surface area contributed by atoms with Gasteiger partial charge in [-0.05, 0) is 25.3 Å². The Morgan fingerprint density at radius 1 is 1.41 bits per heavy atom. The predicted octanol–water partition coefficient (Wildman–Crippen LogP) is 1.52. The number of thioether (sulfide) groups is 1. The number of aliphatic hydroxyl groups is 1. The third-order valence-corrected chi connectivity index (χ3v) is 4.07. The smallest absolute Gasteiger partial charge is 0.135 e. The molecule has 0 fully saturated rings. The fourth-order valence-electron chi connectivity index (χ4n) is 2.21. The first kappa shape index (κ1) is 12.5. The molecular weight excluding hydrogens is 238 g/mol. The second-order valence-corrected chi connectivity index (χ2v) is 5.32. The minimum atomic E-state index is -0.678. The van der Waals surface area contributed by atoms with Crippen LogP contribution in [-0.4, -0.2) is 27.6 Å². The lowest BCUT2D eigenvalue weighted by Gasteiger charge is -2.24. The SMILES string of the molecule is NCCSc1cc(O)c2c(c1O)C(O)CCC2. The van der Waals surface area contributed by atoms with Crippen molar-refractivity contribution in [2.75, 3.05) is 12.3 Å². The molecule has 5 heteroatoms. The van der Waals surface area contributed by atoms with Gasteiger partial charge in [0.25, 0.3) is 0 Å². The number of aromatic hydroxyl groups is 2. The van der Waals surface area contributed by atoms with Gasteiger partial charge in [-0.1, -0.05) is 0 Å². The second kappa shape index (κ2) is 5.16. The Balaban J connectivity index is 2.44. The lowest BCUT2D eigenvalue weighted by molar-refractivity contribution is 0.151. The Hall–Kier alpha value is -0.910. The Kier molecular flexibility index (Phi) is 3.81. The average Bonchev–Trinajstić information content (AvgIpc) is 2.32. The van der Waals surface area contributed by atoms with Gasteiger partial charge in [-0.15, -0.1) is 11.8 Å². The van der Waals surface area contributed by atoms with E-state index in [0.29, 0.717) is 41.2 Å². The average molecular weight is 255 g/mol. The molecule has 0 spiro atoms. The van der Waals surface area contributed by atoms with Crippen molar-refractivity contribution < 1.29 is 15.3 Å². The van der Waals surface area contributed by atoms with Crippen LogP contribution in [0.3, 0.4) is 0 Å². The van der Waals surface area contributed by atoms with Crippen LogP contribution in [0.5, 0.6) is 11.5 Å². The first-order chi connectivity index (χ1) is 8.15. The summed E-state index contributed by atoms with van der Waals surface area (Å²) in [5.41, 5.74) is 6.59. The molecule has 5 N–H and O–H groups in total. The van der Waals surface area contributed by atoms with Crippen LogP contribution in [0.15, 0.2) is 11.0 Å². The number of benzene rings is 1. The van der Waals surface area contributed by atoms with E-state index in [9.17, 15) is 15.3 Å². The number of fused-ring (bicyclic) bond motifs is 1. The fourth-order valence-corrected chi connectivity index (χ4v) is 2.99. The van der Waals surface area contributed by atoms with Gasteiger partial charge in [0.2, 0.25) is 0 Å². The molecule has 0 aromatic heterocycles. The molecule has 0 saturated heterocycles. The third kappa shape index (κ3) is 2.36. The van der Waals surface area contributed by atoms with Crippen molar-refractivity contribution in [3.8, 4) is 11.5 Å². The maximum Gasteiger partial charge on any atom is 0.135 e. The number of hydrogen-bond donors (Lipinski definition) is 4. The van der Waals surface area contributed by atoms with E-state index in [4.69, 9.17) is 5.73 Å². The van der Waals surface area contributed by atoms with Gasteiger partial charge in [-0.2, -0.15) is 0 Å². The van der Waals surface area contributed by atoms with E-state index in [2.05, 4.69) is 0 Å². The zero-order chi connectivity index (χ0) is 12.4. The Labute approximate surface area is 104 Å². The van der Waals surface area contributed by atoms with E-state index in [1.807, 2.05) is 0 Å². The summed E-state index contributed by atoms with van der Waals surface area (Å²) in [6.45, 7) is 0.504. The van der Waals surface area contributed by atoms with Crippen LogP contribution in [0.1, 0.15) is 30.1 Å². The highest BCUT2D eigenvalue weighted by molar-refractivity contribution is 7.99. The fraction of sp³-hybridized carbons (Fsp3) is 0.500. The predicted molar refractivity (Wildman–Crippen MR) is 67.4 cm³/mol. The van der Waals surface area contributed by atoms with Gasteiger partial charge in [-0.25, -0.2) is 0 Å². The van der Waals surface area contributed by atoms with Crippen LogP contribution in [0.25, 0.3) is 0 Å². The van der Waals surface area contributed by atoms with Crippen LogP contribution in [-0.2, 0) is 6.42 Å². The van der Waals surface area contributed by atoms with Crippen molar-refractivity contribution in [2.24, 2.45) is 5.73 Å². The maximum atomic E-state index is 10.1. The summed E-state index contributed by atoms with van der Waals surface area (Å²) in [4.78, 5) is 0.590. The summed E-state index contributed by atoms with van der Waals surface area (Å²) >= 11 is 1.39. The van der Waals surface area contributed by atoms with Crippen molar-refractivity contribution in [3.05, 3.63) is 17.2 Å². The highest BCUT2D eigenvalue weighted by Crippen LogP contribution is 2.45. The van der Waals surface area contributed by atoms with Gasteiger partial charge in [0.1, 0.15) is 11.5 Å². The van der Waals surface area contributed by atoms with E-state index < -0.39 is 6.10 Å². The van der Waals surface area contributed by atoms with Crippen molar-refractivity contribution in [2.45, 2.75) is 30.3 Å². The lowest BCUT2D eigenvalue weighted by Crippen LogP contribution is -2.10. The van der Waals surface area contributed by atoms with E-state index in [1.54, 1.807) is 6.07 Å². The molecule has 0 aliphatic heterocycles. The topological polar surface area (TPSA) is 86.7 Å². The van der Waals surface area contributed by atoms with E-state index >= 15 is 0 Å². The van der Waals surface area contributed by atoms with E-state index in [-0.39, 0.29) is 11.5 Å². The number of aliphatic hydroxyl groups excluding tert-OH is 1. The molecule has 94 valence electrons. The molecule has 0 radical (unpaired) electrons. The van der Waals surface area contributed by atoms with Crippen molar-refractivity contribution in [1.82, 2.24) is 0 Å². The normalized spacial score (nSPS) is 19.1. The summed E-state index contributed by atoms with van der Waals surface area (Å²) in [6.07, 6.45) is 1.48. The monoisotopic (exact) mass is 255 g/mol. The van der Waals surface area contributed by atoms with Crippen LogP contribution >= 0.6 is 11.8 Å². The molecule has 2 rings (SSSR count). The molecule has 1 aromatic rings. The summed E-state index contributed by atoms with van der Waals surface area (Å²) in [5.74, 6) is 0.932. The molecule has 1 aromatic carbocycles. The summed E-state index contributed by atoms with van der Waals surface area (Å²) in [6, 6.07) is 1.56. The molecule has 1 unspecified atom stereocenters. The number of hydrogen-bond acceptors (Lipinski definition) is 5. The number of rotatable bonds is 3. The van der Waals surface area contributed by atoms with Crippen molar-refractivity contribution in [3.63, 3.8) is 0 Å². The molecule has 1 aliphatic rings. The minimum Gasteiger partial charge on any atom is -0.508 e. The van der Waals surface area contributed by atoms with Gasteiger partial charge < -0.3 is 21.1 Å². The molecule has 1 aliphatic carbocycles. The van der Waals surface area contributed by atoms with Gasteiger partial charge in [-0.3, -0.25) is 0 Å². The Bertz CT molecular complexity index is 423. The summed E-state index contributed by atoms with van der Waals surface area (Å²) in [7, 11) is 0. The number of nitrogens with two attached hydrogens (primary N) is 1. The summed E-state index contributed by atoms with van der Waals surface area (Å²) < 4.78 is 0. The van der Waals surface area contributed by atoms with Crippen LogP contribution in [0, 0.1) is 0 Å². The van der Waals surface area contributed by atoms with E-state index in [1.165, 1.54) is 11.8 Å². The highest BCUT2D eigenvalue weighted by Gasteiger charge is 2.26. The van der Waals surface area contributed by atoms with Crippen LogP contribution < -0.4 is 5.73 Å². The van der Waals surface area contributed by atoms with Gasteiger partial charge in [0.15, 0.2) is 0 Å². The zero-order valence-corrected chi connectivity index (χ0v) is 10.3. The molecular formula is C12H17NO3S. The Morgan fingerprint density at radius 3 is 2.88 bits per heavy atom. The quantitative estimate of drug-likeness (QED) is 0.486. The third-order valence-electron chi connectivity index (χ3n) is 3.00. The minimum absolute atomic E-state index is 0.100. The standard InChI is InChI=1S/C12H17NO3S/c13-4-5-17-10-6-9(15)7-2-1-3-8(14)11(7)12(10)16/h6,8,14-16H,1-5,13H2. The maximum absolute atomic E-state index is 10.1. The first-order valence-corrected chi connectivity index (χ1v) is 6.72. The van der Waals surface area contributed by atoms with Crippen LogP contribution in [0.2, 0.25) is 0 Å². The molecule has 17 heavy (non-hydrogen) atoms. The molecule has 4 nitrogen and oxygen atoms in total. The van der Waals surface area contributed by atoms with E-state index in [0.717, 1.165) is 6.42 Å². The number of phenolic OH excluding ortho intramolecular Hbond substituents is 2. The summed E-state index contributed by atoms with van der Waals surface area (Å²) in [5, 5.41) is 29.9. The molecule has 0 bridgehead atoms. The highest BCUT2D eigenvalue weighted by atomic mass is 32.2. The molecule has 0 heterocycles. The van der Waals surface area contributed by atoms with Crippen molar-refractivity contribution >= 4 is 11.8 Å². The van der Waals surface area contributed by atoms with Gasteiger partial charge in [0.05, 0.1) is 11.0 Å². The molecule has 1 atom stereocenters. The molecule has 0 amide bonds. The second-order valence-electron chi connectivity index (χ2n) is 4.18. The first-order valence-electron chi connectivity index (χ1n) is 5.73. The van der Waals surface area contributed by atoms with Gasteiger partial charge >= 0.3 is 0 Å². The Morgan fingerprint density at radius 2 is 2.18 bits per heavy atom. The zero-order valence-electron chi connectivity index (χ0n) is 9.52.